The zero-order chi connectivity index (χ0) is 41.6. The lowest BCUT2D eigenvalue weighted by Crippen LogP contribution is -2.11. The van der Waals surface area contributed by atoms with Gasteiger partial charge in [-0.3, -0.25) is 0 Å². The van der Waals surface area contributed by atoms with E-state index >= 15 is 0 Å². The standard InChI is InChI=1S/C59H40N2S/c1-3-4-23-49-40(2)62-59-35-33-48(39-54(49)59)60(47-22-16-21-44(37-47)45-31-30-41-17-8-9-20-43(41)36-45)58-34-32-46(38-53(58)42-18-6-5-7-19-42)50-24-10-13-27-55(50)61-56-28-14-11-25-51(56)52-26-12-15-29-57(52)61/h1,4-39H,2H3/b23-4-. The van der Waals surface area contributed by atoms with Crippen molar-refractivity contribution in [3.63, 3.8) is 0 Å². The SMILES string of the molecule is C#C/C=C\c1c(C)sc2ccc(N(c3cccc(-c4ccc5ccccc5c4)c3)c3ccc(-c4ccccc4-n4c5ccccc5c5ccccc54)cc3-c3ccccc3)cc12. The smallest absolute Gasteiger partial charge is 0.0541 e. The van der Waals surface area contributed by atoms with Gasteiger partial charge in [-0.1, -0.05) is 145 Å². The fourth-order valence-corrected chi connectivity index (χ4v) is 10.2. The summed E-state index contributed by atoms with van der Waals surface area (Å²) in [4.78, 5) is 3.67. The highest BCUT2D eigenvalue weighted by atomic mass is 32.1. The summed E-state index contributed by atoms with van der Waals surface area (Å²) >= 11 is 1.80. The molecule has 0 fully saturated rings. The highest BCUT2D eigenvalue weighted by Crippen LogP contribution is 2.46. The van der Waals surface area contributed by atoms with Crippen LogP contribution >= 0.6 is 11.3 Å². The average Bonchev–Trinajstić information content (AvgIpc) is 3.84. The third-order valence-electron chi connectivity index (χ3n) is 12.0. The second kappa shape index (κ2) is 15.6. The number of anilines is 3. The lowest BCUT2D eigenvalue weighted by molar-refractivity contribution is 1.18. The molecule has 0 spiro atoms. The van der Waals surface area contributed by atoms with Gasteiger partial charge in [0.05, 0.1) is 22.4 Å². The van der Waals surface area contributed by atoms with Crippen LogP contribution in [0.25, 0.3) is 87.8 Å². The van der Waals surface area contributed by atoms with Crippen molar-refractivity contribution in [3.05, 3.63) is 223 Å². The van der Waals surface area contributed by atoms with Crippen LogP contribution in [0, 0.1) is 19.3 Å². The van der Waals surface area contributed by atoms with Gasteiger partial charge in [-0.25, -0.2) is 0 Å². The van der Waals surface area contributed by atoms with E-state index in [0.717, 1.165) is 56.1 Å². The van der Waals surface area contributed by atoms with Crippen LogP contribution in [0.15, 0.2) is 212 Å². The minimum absolute atomic E-state index is 1.07. The molecule has 0 aliphatic rings. The molecule has 2 heterocycles. The van der Waals surface area contributed by atoms with Crippen molar-refractivity contribution in [1.82, 2.24) is 4.57 Å². The van der Waals surface area contributed by atoms with Gasteiger partial charge in [-0.2, -0.15) is 0 Å². The highest BCUT2D eigenvalue weighted by Gasteiger charge is 2.22. The molecule has 9 aromatic carbocycles. The van der Waals surface area contributed by atoms with Gasteiger partial charge in [0, 0.05) is 48.2 Å². The van der Waals surface area contributed by atoms with E-state index in [2.05, 4.69) is 235 Å². The van der Waals surface area contributed by atoms with Crippen molar-refractivity contribution >= 4 is 77.1 Å². The van der Waals surface area contributed by atoms with Crippen LogP contribution in [0.3, 0.4) is 0 Å². The number of thiophene rings is 1. The first-order chi connectivity index (χ1) is 30.6. The van der Waals surface area contributed by atoms with Gasteiger partial charge >= 0.3 is 0 Å². The van der Waals surface area contributed by atoms with Gasteiger partial charge in [-0.05, 0) is 124 Å². The number of fused-ring (bicyclic) bond motifs is 5. The van der Waals surface area contributed by atoms with Crippen molar-refractivity contribution in [1.29, 1.82) is 0 Å². The number of rotatable bonds is 8. The zero-order valence-corrected chi connectivity index (χ0v) is 35.0. The van der Waals surface area contributed by atoms with Gasteiger partial charge in [-0.15, -0.1) is 17.8 Å². The molecule has 62 heavy (non-hydrogen) atoms. The zero-order valence-electron chi connectivity index (χ0n) is 34.2. The van der Waals surface area contributed by atoms with E-state index < -0.39 is 0 Å². The van der Waals surface area contributed by atoms with Crippen LogP contribution in [0.1, 0.15) is 10.4 Å². The number of nitrogens with zero attached hydrogens (tertiary/aromatic N) is 2. The fourth-order valence-electron chi connectivity index (χ4n) is 9.17. The van der Waals surface area contributed by atoms with E-state index in [9.17, 15) is 0 Å². The monoisotopic (exact) mass is 808 g/mol. The van der Waals surface area contributed by atoms with Crippen molar-refractivity contribution in [2.24, 2.45) is 0 Å². The Labute approximate surface area is 365 Å². The molecule has 3 heteroatoms. The van der Waals surface area contributed by atoms with E-state index in [0.29, 0.717) is 0 Å². The summed E-state index contributed by atoms with van der Waals surface area (Å²) in [5.74, 6) is 2.71. The third-order valence-corrected chi connectivity index (χ3v) is 13.1. The molecule has 0 N–H and O–H groups in total. The Kier molecular flexibility index (Phi) is 9.35. The molecule has 0 saturated carbocycles. The number of hydrogen-bond donors (Lipinski definition) is 0. The molecule has 2 nitrogen and oxygen atoms in total. The number of hydrogen-bond acceptors (Lipinski definition) is 2. The summed E-state index contributed by atoms with van der Waals surface area (Å²) in [6, 6.07) is 75.1. The average molecular weight is 809 g/mol. The van der Waals surface area contributed by atoms with Crippen LogP contribution < -0.4 is 4.90 Å². The molecule has 2 aromatic heterocycles. The van der Waals surface area contributed by atoms with E-state index in [1.54, 1.807) is 17.4 Å². The van der Waals surface area contributed by atoms with E-state index in [4.69, 9.17) is 6.42 Å². The van der Waals surface area contributed by atoms with Gasteiger partial charge in [0.25, 0.3) is 0 Å². The summed E-state index contributed by atoms with van der Waals surface area (Å²) in [7, 11) is 0. The van der Waals surface area contributed by atoms with Gasteiger partial charge in [0.15, 0.2) is 0 Å². The molecule has 11 rings (SSSR count). The Morgan fingerprint density at radius 3 is 1.97 bits per heavy atom. The number of para-hydroxylation sites is 3. The second-order valence-corrected chi connectivity index (χ2v) is 16.9. The van der Waals surface area contributed by atoms with Crippen LogP contribution in [-0.2, 0) is 0 Å². The number of aryl methyl sites for hydroxylation is 1. The van der Waals surface area contributed by atoms with E-state index in [1.165, 1.54) is 53.1 Å². The van der Waals surface area contributed by atoms with Crippen LogP contribution in [0.5, 0.6) is 0 Å². The predicted octanol–water partition coefficient (Wildman–Crippen LogP) is 16.6. The number of aromatic nitrogens is 1. The number of allylic oxidation sites excluding steroid dienone is 1. The predicted molar refractivity (Wildman–Crippen MR) is 267 cm³/mol. The molecular weight excluding hydrogens is 769 g/mol. The Bertz CT molecular complexity index is 3510. The van der Waals surface area contributed by atoms with E-state index in [1.807, 2.05) is 0 Å². The summed E-state index contributed by atoms with van der Waals surface area (Å²) in [5, 5.41) is 6.13. The lowest BCUT2D eigenvalue weighted by Gasteiger charge is -2.29. The maximum atomic E-state index is 5.73. The minimum Gasteiger partial charge on any atom is -0.310 e. The highest BCUT2D eigenvalue weighted by molar-refractivity contribution is 7.19. The molecule has 0 radical (unpaired) electrons. The minimum atomic E-state index is 1.07. The molecule has 0 saturated heterocycles. The molecule has 0 aliphatic heterocycles. The Hall–Kier alpha value is -7.90. The molecule has 0 amide bonds. The topological polar surface area (TPSA) is 8.17 Å². The summed E-state index contributed by atoms with van der Waals surface area (Å²) in [6.07, 6.45) is 9.60. The molecule has 292 valence electrons. The quantitative estimate of drug-likeness (QED) is 0.139. The summed E-state index contributed by atoms with van der Waals surface area (Å²) in [6.45, 7) is 2.18. The van der Waals surface area contributed by atoms with Crippen molar-refractivity contribution in [2.45, 2.75) is 6.92 Å². The largest absolute Gasteiger partial charge is 0.310 e. The maximum Gasteiger partial charge on any atom is 0.0541 e. The van der Waals surface area contributed by atoms with Crippen molar-refractivity contribution in [2.75, 3.05) is 4.90 Å². The fraction of sp³-hybridized carbons (Fsp3) is 0.0169. The van der Waals surface area contributed by atoms with Crippen LogP contribution in [-0.4, -0.2) is 4.57 Å². The lowest BCUT2D eigenvalue weighted by atomic mass is 9.95. The first-order valence-electron chi connectivity index (χ1n) is 21.0. The maximum absolute atomic E-state index is 5.73. The number of terminal acetylenes is 1. The molecule has 0 unspecified atom stereocenters. The molecule has 0 bridgehead atoms. The van der Waals surface area contributed by atoms with Crippen LogP contribution in [0.2, 0.25) is 0 Å². The first-order valence-corrected chi connectivity index (χ1v) is 21.8. The summed E-state index contributed by atoms with van der Waals surface area (Å²) in [5.41, 5.74) is 14.8. The van der Waals surface area contributed by atoms with Gasteiger partial charge in [0.2, 0.25) is 0 Å². The Morgan fingerprint density at radius 2 is 1.16 bits per heavy atom. The van der Waals surface area contributed by atoms with E-state index in [-0.39, 0.29) is 0 Å². The molecule has 0 aliphatic carbocycles. The second-order valence-electron chi connectivity index (χ2n) is 15.7. The molecule has 0 atom stereocenters. The molecule has 11 aromatic rings. The Balaban J connectivity index is 1.14. The summed E-state index contributed by atoms with van der Waals surface area (Å²) < 4.78 is 3.65. The molecular formula is C59H40N2S. The van der Waals surface area contributed by atoms with Gasteiger partial charge in [0.1, 0.15) is 0 Å². The van der Waals surface area contributed by atoms with Crippen molar-refractivity contribution < 1.29 is 0 Å². The normalized spacial score (nSPS) is 11.5. The first kappa shape index (κ1) is 37.1. The van der Waals surface area contributed by atoms with Crippen LogP contribution in [0.4, 0.5) is 17.1 Å². The van der Waals surface area contributed by atoms with Crippen molar-refractivity contribution in [3.8, 4) is 51.4 Å². The Morgan fingerprint density at radius 1 is 0.500 bits per heavy atom. The number of benzene rings is 9. The van der Waals surface area contributed by atoms with Gasteiger partial charge < -0.3 is 9.47 Å². The third kappa shape index (κ3) is 6.46.